The molecule has 1 atom stereocenters. The third-order valence-electron chi connectivity index (χ3n) is 3.87. The minimum atomic E-state index is -0.877. The second-order valence-electron chi connectivity index (χ2n) is 6.40. The maximum atomic E-state index is 11.6. The van der Waals surface area contributed by atoms with Crippen molar-refractivity contribution in [3.05, 3.63) is 0 Å². The summed E-state index contributed by atoms with van der Waals surface area (Å²) in [6, 6.07) is -0.305. The fraction of sp³-hybridized carbons (Fsp3) is 0.857. The minimum Gasteiger partial charge on any atom is -0.481 e. The second-order valence-corrected chi connectivity index (χ2v) is 6.40. The van der Waals surface area contributed by atoms with Crippen LogP contribution in [0.25, 0.3) is 0 Å². The average Bonchev–Trinajstić information content (AvgIpc) is 2.25. The second kappa shape index (κ2) is 7.36. The van der Waals surface area contributed by atoms with Crippen LogP contribution in [0.5, 0.6) is 0 Å². The van der Waals surface area contributed by atoms with Crippen molar-refractivity contribution in [1.82, 2.24) is 10.6 Å². The lowest BCUT2D eigenvalue weighted by Crippen LogP contribution is -2.45. The van der Waals surface area contributed by atoms with E-state index in [-0.39, 0.29) is 23.9 Å². The maximum absolute atomic E-state index is 11.6. The van der Waals surface area contributed by atoms with Gasteiger partial charge in [0, 0.05) is 13.1 Å². The first-order valence-corrected chi connectivity index (χ1v) is 6.82. The van der Waals surface area contributed by atoms with Gasteiger partial charge in [0.15, 0.2) is 0 Å². The molecule has 5 nitrogen and oxygen atoms in total. The number of hydrogen-bond donors (Lipinski definition) is 3. The Morgan fingerprint density at radius 2 is 1.63 bits per heavy atom. The van der Waals surface area contributed by atoms with Gasteiger partial charge in [-0.2, -0.15) is 0 Å². The Bertz CT molecular complexity index is 312. The molecule has 0 aromatic heterocycles. The summed E-state index contributed by atoms with van der Waals surface area (Å²) in [5.74, 6) is -0.984. The van der Waals surface area contributed by atoms with E-state index in [0.29, 0.717) is 12.5 Å². The zero-order valence-corrected chi connectivity index (χ0v) is 12.9. The van der Waals surface area contributed by atoms with Crippen molar-refractivity contribution >= 4 is 12.0 Å². The number of nitrogens with one attached hydrogen (secondary N) is 2. The van der Waals surface area contributed by atoms with Crippen LogP contribution in [0.4, 0.5) is 4.79 Å². The summed E-state index contributed by atoms with van der Waals surface area (Å²) in [5.41, 5.74) is 0.0155. The van der Waals surface area contributed by atoms with Crippen LogP contribution in [0.2, 0.25) is 0 Å². The van der Waals surface area contributed by atoms with Crippen molar-refractivity contribution in [2.45, 2.75) is 41.5 Å². The van der Waals surface area contributed by atoms with Gasteiger partial charge in [-0.05, 0) is 17.3 Å². The zero-order chi connectivity index (χ0) is 15.2. The van der Waals surface area contributed by atoms with Crippen LogP contribution in [0, 0.1) is 23.2 Å². The van der Waals surface area contributed by atoms with Gasteiger partial charge in [-0.1, -0.05) is 41.5 Å². The normalized spacial score (nSPS) is 13.5. The molecule has 0 bridgehead atoms. The highest BCUT2D eigenvalue weighted by molar-refractivity contribution is 5.75. The number of carboxylic acid groups (broad SMARTS) is 1. The molecule has 0 aromatic carbocycles. The van der Waals surface area contributed by atoms with Crippen LogP contribution in [0.3, 0.4) is 0 Å². The molecule has 0 spiro atoms. The van der Waals surface area contributed by atoms with Crippen LogP contribution in [-0.4, -0.2) is 30.2 Å². The molecule has 2 amide bonds. The average molecular weight is 272 g/mol. The monoisotopic (exact) mass is 272 g/mol. The highest BCUT2D eigenvalue weighted by Crippen LogP contribution is 2.24. The predicted molar refractivity (Wildman–Crippen MR) is 76.0 cm³/mol. The molecule has 0 radical (unpaired) electrons. The van der Waals surface area contributed by atoms with Crippen molar-refractivity contribution in [2.24, 2.45) is 23.2 Å². The Morgan fingerprint density at radius 3 is 2.00 bits per heavy atom. The Labute approximate surface area is 116 Å². The van der Waals surface area contributed by atoms with E-state index in [9.17, 15) is 9.59 Å². The summed E-state index contributed by atoms with van der Waals surface area (Å²) >= 11 is 0. The molecule has 0 fully saturated rings. The molecular weight excluding hydrogens is 244 g/mol. The van der Waals surface area contributed by atoms with E-state index >= 15 is 0 Å². The van der Waals surface area contributed by atoms with Crippen molar-refractivity contribution < 1.29 is 14.7 Å². The van der Waals surface area contributed by atoms with Gasteiger partial charge in [-0.15, -0.1) is 0 Å². The van der Waals surface area contributed by atoms with E-state index in [1.165, 1.54) is 0 Å². The fourth-order valence-electron chi connectivity index (χ4n) is 1.39. The van der Waals surface area contributed by atoms with Crippen LogP contribution in [0.15, 0.2) is 0 Å². The number of rotatable bonds is 7. The molecule has 0 aliphatic carbocycles. The van der Waals surface area contributed by atoms with Crippen LogP contribution in [-0.2, 0) is 4.79 Å². The predicted octanol–water partition coefficient (Wildman–Crippen LogP) is 2.32. The molecule has 19 heavy (non-hydrogen) atoms. The SMILES string of the molecule is CC(C)C(CNC(=O)NCC(C)(C)C(C)C)C(=O)O. The molecule has 3 N–H and O–H groups in total. The van der Waals surface area contributed by atoms with Gasteiger partial charge in [0.05, 0.1) is 5.92 Å². The van der Waals surface area contributed by atoms with E-state index in [1.54, 1.807) is 0 Å². The lowest BCUT2D eigenvalue weighted by atomic mass is 9.81. The first-order valence-electron chi connectivity index (χ1n) is 6.82. The summed E-state index contributed by atoms with van der Waals surface area (Å²) in [6.45, 7) is 12.8. The first-order chi connectivity index (χ1) is 8.58. The summed E-state index contributed by atoms with van der Waals surface area (Å²) in [5, 5.41) is 14.4. The zero-order valence-electron chi connectivity index (χ0n) is 12.9. The standard InChI is InChI=1S/C14H28N2O3/c1-9(2)11(12(17)18)7-15-13(19)16-8-14(5,6)10(3)4/h9-11H,7-8H2,1-6H3,(H,17,18)(H2,15,16,19). The number of hydrogen-bond acceptors (Lipinski definition) is 2. The molecule has 0 rings (SSSR count). The molecule has 0 aromatic rings. The molecule has 0 aliphatic heterocycles. The summed E-state index contributed by atoms with van der Waals surface area (Å²) in [6.07, 6.45) is 0. The molecule has 5 heteroatoms. The van der Waals surface area contributed by atoms with Crippen molar-refractivity contribution in [1.29, 1.82) is 0 Å². The van der Waals surface area contributed by atoms with Crippen LogP contribution in [0.1, 0.15) is 41.5 Å². The van der Waals surface area contributed by atoms with E-state index < -0.39 is 11.9 Å². The first kappa shape index (κ1) is 17.7. The lowest BCUT2D eigenvalue weighted by molar-refractivity contribution is -0.142. The van der Waals surface area contributed by atoms with Gasteiger partial charge in [0.1, 0.15) is 0 Å². The van der Waals surface area contributed by atoms with Gasteiger partial charge in [0.25, 0.3) is 0 Å². The molecule has 0 saturated heterocycles. The van der Waals surface area contributed by atoms with Crippen molar-refractivity contribution in [3.8, 4) is 0 Å². The number of carbonyl (C=O) groups excluding carboxylic acids is 1. The molecule has 1 unspecified atom stereocenters. The van der Waals surface area contributed by atoms with Gasteiger partial charge in [-0.25, -0.2) is 4.79 Å². The number of aliphatic carboxylic acids is 1. The Hall–Kier alpha value is -1.26. The summed E-state index contributed by atoms with van der Waals surface area (Å²) in [7, 11) is 0. The Balaban J connectivity index is 4.16. The number of urea groups is 1. The van der Waals surface area contributed by atoms with E-state index in [1.807, 2.05) is 13.8 Å². The third kappa shape index (κ3) is 6.45. The number of carboxylic acids is 1. The van der Waals surface area contributed by atoms with Crippen molar-refractivity contribution in [3.63, 3.8) is 0 Å². The Kier molecular flexibility index (Phi) is 6.87. The highest BCUT2D eigenvalue weighted by atomic mass is 16.4. The number of amides is 2. The lowest BCUT2D eigenvalue weighted by Gasteiger charge is -2.29. The topological polar surface area (TPSA) is 78.4 Å². The summed E-state index contributed by atoms with van der Waals surface area (Å²) < 4.78 is 0. The largest absolute Gasteiger partial charge is 0.481 e. The molecule has 112 valence electrons. The van der Waals surface area contributed by atoms with Gasteiger partial charge >= 0.3 is 12.0 Å². The molecular formula is C14H28N2O3. The Morgan fingerprint density at radius 1 is 1.11 bits per heavy atom. The maximum Gasteiger partial charge on any atom is 0.314 e. The van der Waals surface area contributed by atoms with E-state index in [4.69, 9.17) is 5.11 Å². The summed E-state index contributed by atoms with van der Waals surface area (Å²) in [4.78, 5) is 22.6. The van der Waals surface area contributed by atoms with Gasteiger partial charge in [-0.3, -0.25) is 4.79 Å². The number of carbonyl (C=O) groups is 2. The fourth-order valence-corrected chi connectivity index (χ4v) is 1.39. The van der Waals surface area contributed by atoms with Gasteiger partial charge < -0.3 is 15.7 Å². The smallest absolute Gasteiger partial charge is 0.314 e. The molecule has 0 aliphatic rings. The van der Waals surface area contributed by atoms with E-state index in [0.717, 1.165) is 0 Å². The van der Waals surface area contributed by atoms with Gasteiger partial charge in [0.2, 0.25) is 0 Å². The highest BCUT2D eigenvalue weighted by Gasteiger charge is 2.24. The molecule has 0 saturated carbocycles. The van der Waals surface area contributed by atoms with Crippen LogP contribution < -0.4 is 10.6 Å². The van der Waals surface area contributed by atoms with E-state index in [2.05, 4.69) is 38.3 Å². The third-order valence-corrected chi connectivity index (χ3v) is 3.87. The quantitative estimate of drug-likeness (QED) is 0.665. The molecule has 0 heterocycles. The van der Waals surface area contributed by atoms with Crippen molar-refractivity contribution in [2.75, 3.05) is 13.1 Å². The minimum absolute atomic E-state index is 0.00935. The van der Waals surface area contributed by atoms with Crippen LogP contribution >= 0.6 is 0 Å².